The van der Waals surface area contributed by atoms with Crippen LogP contribution in [0.4, 0.5) is 11.9 Å². The summed E-state index contributed by atoms with van der Waals surface area (Å²) < 4.78 is 0. The highest BCUT2D eigenvalue weighted by molar-refractivity contribution is 6.28. The fraction of sp³-hybridized carbons (Fsp3) is 0.400. The molecule has 5 nitrogen and oxygen atoms in total. The first kappa shape index (κ1) is 15.5. The van der Waals surface area contributed by atoms with Crippen molar-refractivity contribution in [2.75, 3.05) is 29.9 Å². The normalized spacial score (nSPS) is 10.5. The van der Waals surface area contributed by atoms with Gasteiger partial charge in [0, 0.05) is 26.7 Å². The maximum Gasteiger partial charge on any atom is 0.231 e. The zero-order valence-corrected chi connectivity index (χ0v) is 13.4. The lowest BCUT2D eigenvalue weighted by molar-refractivity contribution is 0.791. The first-order valence-electron chi connectivity index (χ1n) is 7.05. The highest BCUT2D eigenvalue weighted by Crippen LogP contribution is 2.17. The number of rotatable bonds is 6. The lowest BCUT2D eigenvalue weighted by Gasteiger charge is -2.22. The number of hydrogen-bond donors (Lipinski definition) is 0. The van der Waals surface area contributed by atoms with Crippen LogP contribution in [0.2, 0.25) is 5.28 Å². The van der Waals surface area contributed by atoms with Crippen molar-refractivity contribution in [1.29, 1.82) is 0 Å². The molecule has 0 fully saturated rings. The van der Waals surface area contributed by atoms with Gasteiger partial charge in [0.15, 0.2) is 0 Å². The molecule has 0 N–H and O–H groups in total. The summed E-state index contributed by atoms with van der Waals surface area (Å²) in [5.74, 6) is 1.20. The molecule has 0 saturated carbocycles. The van der Waals surface area contributed by atoms with Gasteiger partial charge in [-0.25, -0.2) is 0 Å². The molecule has 0 unspecified atom stereocenters. The maximum absolute atomic E-state index is 6.04. The van der Waals surface area contributed by atoms with Crippen LogP contribution in [0.15, 0.2) is 30.3 Å². The third-order valence-corrected chi connectivity index (χ3v) is 3.40. The number of hydrogen-bond acceptors (Lipinski definition) is 5. The smallest absolute Gasteiger partial charge is 0.231 e. The Bertz CT molecular complexity index is 572. The molecule has 0 bridgehead atoms. The van der Waals surface area contributed by atoms with E-state index in [0.717, 1.165) is 19.6 Å². The largest absolute Gasteiger partial charge is 0.341 e. The molecule has 0 saturated heterocycles. The Morgan fingerprint density at radius 1 is 0.952 bits per heavy atom. The molecule has 2 rings (SSSR count). The van der Waals surface area contributed by atoms with E-state index in [2.05, 4.69) is 40.9 Å². The Hall–Kier alpha value is -1.88. The number of anilines is 2. The van der Waals surface area contributed by atoms with Gasteiger partial charge in [-0.2, -0.15) is 15.0 Å². The minimum atomic E-state index is 0.224. The molecule has 1 heterocycles. The van der Waals surface area contributed by atoms with E-state index in [1.165, 1.54) is 5.56 Å². The molecule has 6 heteroatoms. The van der Waals surface area contributed by atoms with Gasteiger partial charge in [0.25, 0.3) is 0 Å². The summed E-state index contributed by atoms with van der Waals surface area (Å²) in [6.07, 6.45) is 0. The number of aromatic nitrogens is 3. The van der Waals surface area contributed by atoms with E-state index in [0.29, 0.717) is 11.9 Å². The van der Waals surface area contributed by atoms with Crippen LogP contribution < -0.4 is 9.80 Å². The predicted octanol–water partition coefficient (Wildman–Crippen LogP) is 3.01. The van der Waals surface area contributed by atoms with Crippen molar-refractivity contribution in [3.63, 3.8) is 0 Å². The van der Waals surface area contributed by atoms with Crippen LogP contribution >= 0.6 is 11.6 Å². The van der Waals surface area contributed by atoms with Crippen molar-refractivity contribution in [3.8, 4) is 0 Å². The van der Waals surface area contributed by atoms with E-state index < -0.39 is 0 Å². The highest BCUT2D eigenvalue weighted by atomic mass is 35.5. The monoisotopic (exact) mass is 305 g/mol. The molecule has 0 radical (unpaired) electrons. The second-order valence-corrected chi connectivity index (χ2v) is 5.06. The summed E-state index contributed by atoms with van der Waals surface area (Å²) in [6, 6.07) is 10.2. The van der Waals surface area contributed by atoms with Crippen LogP contribution in [-0.2, 0) is 6.54 Å². The number of nitrogens with zero attached hydrogens (tertiary/aromatic N) is 5. The van der Waals surface area contributed by atoms with Gasteiger partial charge >= 0.3 is 0 Å². The molecule has 0 amide bonds. The summed E-state index contributed by atoms with van der Waals surface area (Å²) in [6.45, 7) is 6.51. The van der Waals surface area contributed by atoms with E-state index in [9.17, 15) is 0 Å². The van der Waals surface area contributed by atoms with Crippen molar-refractivity contribution in [1.82, 2.24) is 15.0 Å². The summed E-state index contributed by atoms with van der Waals surface area (Å²) >= 11 is 6.04. The Kier molecular flexibility index (Phi) is 5.33. The molecule has 21 heavy (non-hydrogen) atoms. The van der Waals surface area contributed by atoms with Gasteiger partial charge in [-0.15, -0.1) is 0 Å². The molecular weight excluding hydrogens is 286 g/mol. The lowest BCUT2D eigenvalue weighted by Crippen LogP contribution is -2.26. The summed E-state index contributed by atoms with van der Waals surface area (Å²) in [5.41, 5.74) is 1.20. The van der Waals surface area contributed by atoms with Crippen LogP contribution in [0.5, 0.6) is 0 Å². The van der Waals surface area contributed by atoms with Crippen molar-refractivity contribution < 1.29 is 0 Å². The molecule has 0 aliphatic heterocycles. The molecule has 1 aromatic carbocycles. The Morgan fingerprint density at radius 2 is 1.57 bits per heavy atom. The zero-order valence-electron chi connectivity index (χ0n) is 12.6. The van der Waals surface area contributed by atoms with Gasteiger partial charge in [-0.3, -0.25) is 0 Å². The predicted molar refractivity (Wildman–Crippen MR) is 86.9 cm³/mol. The molecular formula is C15H20ClN5. The Labute approximate surface area is 130 Å². The maximum atomic E-state index is 6.04. The lowest BCUT2D eigenvalue weighted by atomic mass is 10.2. The van der Waals surface area contributed by atoms with Gasteiger partial charge in [0.2, 0.25) is 17.2 Å². The summed E-state index contributed by atoms with van der Waals surface area (Å²) in [7, 11) is 1.95. The third kappa shape index (κ3) is 4.04. The van der Waals surface area contributed by atoms with Crippen molar-refractivity contribution in [2.24, 2.45) is 0 Å². The minimum absolute atomic E-state index is 0.224. The van der Waals surface area contributed by atoms with E-state index in [1.54, 1.807) is 0 Å². The van der Waals surface area contributed by atoms with Gasteiger partial charge in [0.1, 0.15) is 0 Å². The van der Waals surface area contributed by atoms with E-state index in [4.69, 9.17) is 11.6 Å². The molecule has 0 spiro atoms. The molecule has 0 aliphatic rings. The Balaban J connectivity index is 2.22. The van der Waals surface area contributed by atoms with Crippen LogP contribution in [0.25, 0.3) is 0 Å². The molecule has 1 aromatic heterocycles. The zero-order chi connectivity index (χ0) is 15.2. The van der Waals surface area contributed by atoms with Crippen molar-refractivity contribution in [3.05, 3.63) is 41.2 Å². The molecule has 112 valence electrons. The van der Waals surface area contributed by atoms with Crippen molar-refractivity contribution in [2.45, 2.75) is 20.4 Å². The quantitative estimate of drug-likeness (QED) is 0.821. The fourth-order valence-corrected chi connectivity index (χ4v) is 2.23. The minimum Gasteiger partial charge on any atom is -0.341 e. The van der Waals surface area contributed by atoms with E-state index in [1.807, 2.05) is 35.0 Å². The summed E-state index contributed by atoms with van der Waals surface area (Å²) in [5, 5.41) is 0.224. The number of halogens is 1. The Morgan fingerprint density at radius 3 is 2.19 bits per heavy atom. The average molecular weight is 306 g/mol. The van der Waals surface area contributed by atoms with Gasteiger partial charge in [0.05, 0.1) is 0 Å². The van der Waals surface area contributed by atoms with Gasteiger partial charge in [-0.05, 0) is 31.0 Å². The average Bonchev–Trinajstić information content (AvgIpc) is 2.49. The first-order chi connectivity index (χ1) is 10.1. The van der Waals surface area contributed by atoms with Crippen molar-refractivity contribution >= 4 is 23.5 Å². The second kappa shape index (κ2) is 7.22. The van der Waals surface area contributed by atoms with E-state index >= 15 is 0 Å². The van der Waals surface area contributed by atoms with Crippen LogP contribution in [0.3, 0.4) is 0 Å². The first-order valence-corrected chi connectivity index (χ1v) is 7.43. The standard InChI is InChI=1S/C15H20ClN5/c1-4-21(5-2)15-18-13(16)17-14(19-15)20(3)11-12-9-7-6-8-10-12/h6-10H,4-5,11H2,1-3H3. The topological polar surface area (TPSA) is 45.2 Å². The second-order valence-electron chi connectivity index (χ2n) is 4.72. The number of benzene rings is 1. The molecule has 0 atom stereocenters. The van der Waals surface area contributed by atoms with Gasteiger partial charge < -0.3 is 9.80 Å². The third-order valence-electron chi connectivity index (χ3n) is 3.23. The molecule has 0 aliphatic carbocycles. The molecule has 2 aromatic rings. The van der Waals surface area contributed by atoms with E-state index in [-0.39, 0.29) is 5.28 Å². The van der Waals surface area contributed by atoms with Crippen LogP contribution in [0.1, 0.15) is 19.4 Å². The van der Waals surface area contributed by atoms with Gasteiger partial charge in [-0.1, -0.05) is 30.3 Å². The van der Waals surface area contributed by atoms with Crippen LogP contribution in [0, 0.1) is 0 Å². The van der Waals surface area contributed by atoms with Crippen LogP contribution in [-0.4, -0.2) is 35.1 Å². The summed E-state index contributed by atoms with van der Waals surface area (Å²) in [4.78, 5) is 17.0. The fourth-order valence-electron chi connectivity index (χ4n) is 2.08. The highest BCUT2D eigenvalue weighted by Gasteiger charge is 2.13. The SMILES string of the molecule is CCN(CC)c1nc(Cl)nc(N(C)Cc2ccccc2)n1.